The third-order valence-corrected chi connectivity index (χ3v) is 3.73. The first kappa shape index (κ1) is 16.9. The minimum absolute atomic E-state index is 0.104. The molecule has 0 aliphatic carbocycles. The van der Waals surface area contributed by atoms with Gasteiger partial charge in [0.15, 0.2) is 0 Å². The van der Waals surface area contributed by atoms with Crippen LogP contribution in [0.5, 0.6) is 0 Å². The smallest absolute Gasteiger partial charge is 0.274 e. The van der Waals surface area contributed by atoms with Crippen molar-refractivity contribution in [2.75, 3.05) is 20.3 Å². The van der Waals surface area contributed by atoms with E-state index in [0.717, 1.165) is 5.56 Å². The first-order chi connectivity index (χ1) is 12.2. The van der Waals surface area contributed by atoms with Crippen LogP contribution in [0.3, 0.4) is 0 Å². The zero-order valence-corrected chi connectivity index (χ0v) is 14.2. The Hall–Kier alpha value is -2.93. The lowest BCUT2D eigenvalue weighted by atomic mass is 10.1. The molecule has 3 aromatic rings. The van der Waals surface area contributed by atoms with Crippen molar-refractivity contribution in [3.05, 3.63) is 48.2 Å². The highest BCUT2D eigenvalue weighted by Gasteiger charge is 2.15. The van der Waals surface area contributed by atoms with Crippen LogP contribution in [0.15, 0.2) is 47.1 Å². The van der Waals surface area contributed by atoms with Gasteiger partial charge >= 0.3 is 0 Å². The van der Waals surface area contributed by atoms with E-state index in [9.17, 15) is 4.79 Å². The van der Waals surface area contributed by atoms with E-state index in [1.807, 2.05) is 43.3 Å². The van der Waals surface area contributed by atoms with Crippen LogP contribution in [-0.2, 0) is 16.1 Å². The van der Waals surface area contributed by atoms with Crippen molar-refractivity contribution >= 4 is 5.91 Å². The number of benzene rings is 1. The number of aromatic nitrogens is 3. The number of nitrogens with zero attached hydrogens (tertiary/aromatic N) is 3. The van der Waals surface area contributed by atoms with Crippen molar-refractivity contribution in [2.24, 2.45) is 0 Å². The minimum Gasteiger partial charge on any atom is -0.383 e. The van der Waals surface area contributed by atoms with Crippen LogP contribution in [0, 0.1) is 6.92 Å². The topological polar surface area (TPSA) is 82.2 Å². The summed E-state index contributed by atoms with van der Waals surface area (Å²) in [6.07, 6.45) is 1.81. The van der Waals surface area contributed by atoms with E-state index in [0.29, 0.717) is 30.6 Å². The Bertz CT molecular complexity index is 836. The van der Waals surface area contributed by atoms with Crippen LogP contribution in [-0.4, -0.2) is 40.9 Å². The summed E-state index contributed by atoms with van der Waals surface area (Å²) in [7, 11) is 1.59. The highest BCUT2D eigenvalue weighted by molar-refractivity contribution is 5.76. The largest absolute Gasteiger partial charge is 0.383 e. The van der Waals surface area contributed by atoms with Crippen LogP contribution in [0.4, 0.5) is 0 Å². The van der Waals surface area contributed by atoms with Crippen LogP contribution in [0.1, 0.15) is 5.56 Å². The Morgan fingerprint density at radius 3 is 2.84 bits per heavy atom. The first-order valence-electron chi connectivity index (χ1n) is 7.99. The summed E-state index contributed by atoms with van der Waals surface area (Å²) >= 11 is 0. The molecule has 0 unspecified atom stereocenters. The lowest BCUT2D eigenvalue weighted by Gasteiger charge is -2.07. The molecular formula is C18H20N4O3. The molecule has 1 N–H and O–H groups in total. The molecule has 2 heterocycles. The van der Waals surface area contributed by atoms with Crippen molar-refractivity contribution in [3.8, 4) is 23.0 Å². The Morgan fingerprint density at radius 1 is 1.28 bits per heavy atom. The average Bonchev–Trinajstić information content (AvgIpc) is 3.25. The molecule has 130 valence electrons. The van der Waals surface area contributed by atoms with Crippen LogP contribution in [0.25, 0.3) is 23.0 Å². The molecule has 0 saturated carbocycles. The molecule has 0 atom stereocenters. The maximum absolute atomic E-state index is 12.0. The highest BCUT2D eigenvalue weighted by Crippen LogP contribution is 2.23. The summed E-state index contributed by atoms with van der Waals surface area (Å²) in [6, 6.07) is 11.6. The zero-order valence-electron chi connectivity index (χ0n) is 14.2. The SMILES string of the molecule is COCCNC(=O)Cn1cccc1-c1nc(-c2ccc(C)cc2)no1. The predicted molar refractivity (Wildman–Crippen MR) is 92.8 cm³/mol. The van der Waals surface area contributed by atoms with Crippen LogP contribution < -0.4 is 5.32 Å². The summed E-state index contributed by atoms with van der Waals surface area (Å²) in [6.45, 7) is 3.15. The number of carbonyl (C=O) groups excluding carboxylic acids is 1. The monoisotopic (exact) mass is 340 g/mol. The second-order valence-electron chi connectivity index (χ2n) is 5.65. The van der Waals surface area contributed by atoms with Gasteiger partial charge in [-0.25, -0.2) is 0 Å². The van der Waals surface area contributed by atoms with E-state index >= 15 is 0 Å². The predicted octanol–water partition coefficient (Wildman–Crippen LogP) is 2.28. The third kappa shape index (κ3) is 4.13. The van der Waals surface area contributed by atoms with Crippen LogP contribution >= 0.6 is 0 Å². The lowest BCUT2D eigenvalue weighted by Crippen LogP contribution is -2.30. The Balaban J connectivity index is 1.74. The maximum Gasteiger partial charge on any atom is 0.274 e. The summed E-state index contributed by atoms with van der Waals surface area (Å²) in [5.74, 6) is 0.797. The molecule has 3 rings (SSSR count). The minimum atomic E-state index is -0.104. The molecule has 0 fully saturated rings. The normalized spacial score (nSPS) is 10.8. The number of hydrogen-bond donors (Lipinski definition) is 1. The fraction of sp³-hybridized carbons (Fsp3) is 0.278. The van der Waals surface area contributed by atoms with Gasteiger partial charge in [0.25, 0.3) is 5.89 Å². The Morgan fingerprint density at radius 2 is 2.08 bits per heavy atom. The molecule has 25 heavy (non-hydrogen) atoms. The first-order valence-corrected chi connectivity index (χ1v) is 7.99. The van der Waals surface area contributed by atoms with Gasteiger partial charge in [-0.3, -0.25) is 4.79 Å². The van der Waals surface area contributed by atoms with Crippen LogP contribution in [0.2, 0.25) is 0 Å². The number of nitrogens with one attached hydrogen (secondary N) is 1. The number of carbonyl (C=O) groups is 1. The average molecular weight is 340 g/mol. The van der Waals surface area contributed by atoms with E-state index in [4.69, 9.17) is 9.26 Å². The second kappa shape index (κ2) is 7.76. The van der Waals surface area contributed by atoms with Gasteiger partial charge in [-0.2, -0.15) is 4.98 Å². The number of hydrogen-bond acceptors (Lipinski definition) is 5. The molecule has 0 saturated heterocycles. The molecule has 0 bridgehead atoms. The van der Waals surface area contributed by atoms with E-state index in [1.165, 1.54) is 5.56 Å². The van der Waals surface area contributed by atoms with E-state index in [1.54, 1.807) is 17.9 Å². The van der Waals surface area contributed by atoms with E-state index in [2.05, 4.69) is 15.5 Å². The number of rotatable bonds is 7. The second-order valence-corrected chi connectivity index (χ2v) is 5.65. The summed E-state index contributed by atoms with van der Waals surface area (Å²) < 4.78 is 12.1. The summed E-state index contributed by atoms with van der Waals surface area (Å²) in [5.41, 5.74) is 2.75. The third-order valence-electron chi connectivity index (χ3n) is 3.73. The Labute approximate surface area is 145 Å². The molecule has 0 radical (unpaired) electrons. The summed E-state index contributed by atoms with van der Waals surface area (Å²) in [4.78, 5) is 16.4. The number of ether oxygens (including phenoxy) is 1. The zero-order chi connectivity index (χ0) is 17.6. The van der Waals surface area contributed by atoms with Crippen molar-refractivity contribution in [2.45, 2.75) is 13.5 Å². The molecule has 7 heteroatoms. The quantitative estimate of drug-likeness (QED) is 0.667. The molecule has 0 aliphatic rings. The molecule has 0 aliphatic heterocycles. The summed E-state index contributed by atoms with van der Waals surface area (Å²) in [5, 5.41) is 6.82. The standard InChI is InChI=1S/C18H20N4O3/c1-13-5-7-14(8-6-13)17-20-18(25-21-17)15-4-3-10-22(15)12-16(23)19-9-11-24-2/h3-8,10H,9,11-12H2,1-2H3,(H,19,23). The maximum atomic E-state index is 12.0. The van der Waals surface area contributed by atoms with E-state index in [-0.39, 0.29) is 12.5 Å². The molecule has 7 nitrogen and oxygen atoms in total. The molecule has 0 spiro atoms. The molecule has 1 aromatic carbocycles. The van der Waals surface area contributed by atoms with Gasteiger partial charge < -0.3 is 19.1 Å². The number of methoxy groups -OCH3 is 1. The van der Waals surface area contributed by atoms with Gasteiger partial charge in [-0.1, -0.05) is 35.0 Å². The van der Waals surface area contributed by atoms with Crippen molar-refractivity contribution in [1.82, 2.24) is 20.0 Å². The van der Waals surface area contributed by atoms with Gasteiger partial charge in [0.2, 0.25) is 11.7 Å². The highest BCUT2D eigenvalue weighted by atomic mass is 16.5. The fourth-order valence-corrected chi connectivity index (χ4v) is 2.40. The van der Waals surface area contributed by atoms with Crippen molar-refractivity contribution in [1.29, 1.82) is 0 Å². The van der Waals surface area contributed by atoms with Crippen molar-refractivity contribution in [3.63, 3.8) is 0 Å². The van der Waals surface area contributed by atoms with E-state index < -0.39 is 0 Å². The Kier molecular flexibility index (Phi) is 5.25. The number of aryl methyl sites for hydroxylation is 1. The van der Waals surface area contributed by atoms with Gasteiger partial charge in [-0.05, 0) is 19.1 Å². The molecule has 1 amide bonds. The fourth-order valence-electron chi connectivity index (χ4n) is 2.40. The van der Waals surface area contributed by atoms with Gasteiger partial charge in [0.1, 0.15) is 12.2 Å². The van der Waals surface area contributed by atoms with Crippen molar-refractivity contribution < 1.29 is 14.1 Å². The molecular weight excluding hydrogens is 320 g/mol. The molecule has 2 aromatic heterocycles. The number of amides is 1. The van der Waals surface area contributed by atoms with Gasteiger partial charge in [0.05, 0.1) is 6.61 Å². The lowest BCUT2D eigenvalue weighted by molar-refractivity contribution is -0.121. The van der Waals surface area contributed by atoms with Gasteiger partial charge in [0, 0.05) is 25.4 Å². The van der Waals surface area contributed by atoms with Gasteiger partial charge in [-0.15, -0.1) is 0 Å².